The van der Waals surface area contributed by atoms with Crippen molar-refractivity contribution in [3.05, 3.63) is 67.3 Å². The predicted octanol–water partition coefficient (Wildman–Crippen LogP) is 6.36. The van der Waals surface area contributed by atoms with Crippen LogP contribution in [0, 0.1) is 0 Å². The molecule has 0 radical (unpaired) electrons. The molecule has 0 aliphatic carbocycles. The normalized spacial score (nSPS) is 11.1. The molecule has 0 spiro atoms. The lowest BCUT2D eigenvalue weighted by Crippen LogP contribution is -2.16. The van der Waals surface area contributed by atoms with Crippen LogP contribution in [0.3, 0.4) is 0 Å². The van der Waals surface area contributed by atoms with Crippen LogP contribution in [0.2, 0.25) is 0 Å². The number of hydrogen-bond acceptors (Lipinski definition) is 2. The Kier molecular flexibility index (Phi) is 13.5. The molecule has 1 atom stereocenters. The molecule has 1 nitrogen and oxygen atoms in total. The summed E-state index contributed by atoms with van der Waals surface area (Å²) in [6.45, 7) is 16.5. The maximum atomic E-state index is 12.3. The zero-order valence-electron chi connectivity index (χ0n) is 14.2. The maximum Gasteiger partial charge on any atom is 0.416 e. The number of thioether (sulfide) groups is 1. The molecule has 0 aromatic heterocycles. The van der Waals surface area contributed by atoms with Crippen molar-refractivity contribution in [1.82, 2.24) is 5.32 Å². The lowest BCUT2D eigenvalue weighted by atomic mass is 10.1. The van der Waals surface area contributed by atoms with Crippen LogP contribution in [0.15, 0.2) is 56.2 Å². The van der Waals surface area contributed by atoms with Crippen molar-refractivity contribution in [3.8, 4) is 0 Å². The van der Waals surface area contributed by atoms with E-state index in [2.05, 4.69) is 25.1 Å². The maximum absolute atomic E-state index is 12.3. The monoisotopic (exact) mass is 345 g/mol. The summed E-state index contributed by atoms with van der Waals surface area (Å²) in [5.74, 6) is 0. The molecule has 0 saturated heterocycles. The molecule has 0 aliphatic heterocycles. The Morgan fingerprint density at radius 3 is 1.87 bits per heavy atom. The van der Waals surface area contributed by atoms with E-state index in [4.69, 9.17) is 0 Å². The summed E-state index contributed by atoms with van der Waals surface area (Å²) in [7, 11) is 1.82. The molecular formula is C18H26F3NS. The van der Waals surface area contributed by atoms with E-state index in [1.807, 2.05) is 27.8 Å². The van der Waals surface area contributed by atoms with Crippen LogP contribution in [0.1, 0.15) is 31.9 Å². The first kappa shape index (κ1) is 23.8. The summed E-state index contributed by atoms with van der Waals surface area (Å²) in [4.78, 5) is 0.751. The Balaban J connectivity index is 0. The molecule has 5 heteroatoms. The first-order chi connectivity index (χ1) is 10.8. The summed E-state index contributed by atoms with van der Waals surface area (Å²) in [6, 6.07) is 5.04. The van der Waals surface area contributed by atoms with Crippen LogP contribution in [0.4, 0.5) is 13.2 Å². The Morgan fingerprint density at radius 1 is 1.13 bits per heavy atom. The van der Waals surface area contributed by atoms with Crippen molar-refractivity contribution < 1.29 is 13.2 Å². The third kappa shape index (κ3) is 10.8. The minimum absolute atomic E-state index is 0.171. The van der Waals surface area contributed by atoms with Gasteiger partial charge in [0.2, 0.25) is 0 Å². The molecule has 0 fully saturated rings. The van der Waals surface area contributed by atoms with Gasteiger partial charge in [-0.2, -0.15) is 13.2 Å². The zero-order chi connectivity index (χ0) is 18.5. The van der Waals surface area contributed by atoms with Crippen LogP contribution in [-0.4, -0.2) is 12.4 Å². The van der Waals surface area contributed by atoms with Crippen LogP contribution in [0.5, 0.6) is 0 Å². The van der Waals surface area contributed by atoms with Crippen molar-refractivity contribution in [2.75, 3.05) is 7.05 Å². The molecule has 1 aromatic rings. The minimum Gasteiger partial charge on any atom is -0.308 e. The Labute approximate surface area is 142 Å². The predicted molar refractivity (Wildman–Crippen MR) is 98.3 cm³/mol. The lowest BCUT2D eigenvalue weighted by Gasteiger charge is -2.13. The van der Waals surface area contributed by atoms with E-state index < -0.39 is 11.7 Å². The van der Waals surface area contributed by atoms with Crippen LogP contribution in [0.25, 0.3) is 4.91 Å². The van der Waals surface area contributed by atoms with E-state index in [0.29, 0.717) is 5.56 Å². The average Bonchev–Trinajstić information content (AvgIpc) is 2.56. The third-order valence-corrected chi connectivity index (χ3v) is 3.54. The van der Waals surface area contributed by atoms with Crippen molar-refractivity contribution in [3.63, 3.8) is 0 Å². The van der Waals surface area contributed by atoms with E-state index in [9.17, 15) is 13.2 Å². The van der Waals surface area contributed by atoms with Gasteiger partial charge in [0, 0.05) is 4.91 Å². The number of rotatable bonds is 5. The molecule has 0 aliphatic rings. The zero-order valence-corrected chi connectivity index (χ0v) is 15.0. The largest absolute Gasteiger partial charge is 0.416 e. The molecular weight excluding hydrogens is 319 g/mol. The molecule has 1 aromatic carbocycles. The Hall–Kier alpha value is -1.46. The molecule has 1 N–H and O–H groups in total. The quantitative estimate of drug-likeness (QED) is 0.492. The van der Waals surface area contributed by atoms with Crippen molar-refractivity contribution in [2.45, 2.75) is 32.3 Å². The van der Waals surface area contributed by atoms with E-state index in [-0.39, 0.29) is 5.37 Å². The summed E-state index contributed by atoms with van der Waals surface area (Å²) >= 11 is 1.48. The molecule has 0 bridgehead atoms. The van der Waals surface area contributed by atoms with Crippen molar-refractivity contribution in [2.24, 2.45) is 0 Å². The highest BCUT2D eigenvalue weighted by molar-refractivity contribution is 8.08. The summed E-state index contributed by atoms with van der Waals surface area (Å²) in [6.07, 6.45) is -1.01. The second-order valence-corrected chi connectivity index (χ2v) is 5.45. The number of benzene rings is 1. The van der Waals surface area contributed by atoms with Gasteiger partial charge in [-0.05, 0) is 31.7 Å². The molecule has 0 saturated carbocycles. The fourth-order valence-corrected chi connectivity index (χ4v) is 2.00. The molecule has 130 valence electrons. The van der Waals surface area contributed by atoms with E-state index >= 15 is 0 Å². The lowest BCUT2D eigenvalue weighted by molar-refractivity contribution is -0.137. The Morgan fingerprint density at radius 2 is 1.57 bits per heavy atom. The van der Waals surface area contributed by atoms with Gasteiger partial charge in [0.1, 0.15) is 0 Å². The molecule has 23 heavy (non-hydrogen) atoms. The SMILES string of the molecule is C=C(SC(C)NC)c1ccc(C(F)(F)F)cc1.C=CC=C.CC. The fraction of sp³-hybridized carbons (Fsp3) is 0.333. The smallest absolute Gasteiger partial charge is 0.308 e. The molecule has 1 rings (SSSR count). The topological polar surface area (TPSA) is 12.0 Å². The number of hydrogen-bond donors (Lipinski definition) is 1. The van der Waals surface area contributed by atoms with E-state index in [1.165, 1.54) is 23.9 Å². The number of alkyl halides is 3. The van der Waals surface area contributed by atoms with Gasteiger partial charge < -0.3 is 5.32 Å². The van der Waals surface area contributed by atoms with Gasteiger partial charge in [0.15, 0.2) is 0 Å². The number of nitrogens with one attached hydrogen (secondary N) is 1. The summed E-state index contributed by atoms with van der Waals surface area (Å²) in [5.41, 5.74) is 0.0748. The first-order valence-corrected chi connectivity index (χ1v) is 8.08. The highest BCUT2D eigenvalue weighted by Gasteiger charge is 2.29. The van der Waals surface area contributed by atoms with Gasteiger partial charge in [0.05, 0.1) is 10.9 Å². The van der Waals surface area contributed by atoms with Crippen LogP contribution in [-0.2, 0) is 6.18 Å². The third-order valence-electron chi connectivity index (χ3n) is 2.43. The van der Waals surface area contributed by atoms with Gasteiger partial charge in [0.25, 0.3) is 0 Å². The van der Waals surface area contributed by atoms with Gasteiger partial charge in [-0.1, -0.05) is 57.9 Å². The molecule has 0 heterocycles. The number of halogens is 3. The first-order valence-electron chi connectivity index (χ1n) is 7.20. The van der Waals surface area contributed by atoms with E-state index in [1.54, 1.807) is 12.2 Å². The summed E-state index contributed by atoms with van der Waals surface area (Å²) in [5, 5.41) is 3.19. The fourth-order valence-electron chi connectivity index (χ4n) is 1.19. The standard InChI is InChI=1S/C12H14F3NS.C4H6.C2H6/c1-8(17-9(2)16-3)10-4-6-11(7-5-10)12(13,14)15;1-3-4-2;1-2/h4-7,9,16H,1H2,2-3H3;3-4H,1-2H2;1-2H3. The summed E-state index contributed by atoms with van der Waals surface area (Å²) < 4.78 is 37.0. The number of allylic oxidation sites excluding steroid dienone is 2. The van der Waals surface area contributed by atoms with Gasteiger partial charge >= 0.3 is 6.18 Å². The average molecular weight is 345 g/mol. The van der Waals surface area contributed by atoms with Crippen molar-refractivity contribution >= 4 is 16.7 Å². The molecule has 1 unspecified atom stereocenters. The van der Waals surface area contributed by atoms with Crippen LogP contribution < -0.4 is 5.32 Å². The minimum atomic E-state index is -4.29. The highest BCUT2D eigenvalue weighted by atomic mass is 32.2. The highest BCUT2D eigenvalue weighted by Crippen LogP contribution is 2.32. The second-order valence-electron chi connectivity index (χ2n) is 4.02. The second kappa shape index (κ2) is 13.0. The van der Waals surface area contributed by atoms with E-state index in [0.717, 1.165) is 17.0 Å². The Bertz CT molecular complexity index is 458. The molecule has 0 amide bonds. The van der Waals surface area contributed by atoms with Gasteiger partial charge in [-0.3, -0.25) is 0 Å². The van der Waals surface area contributed by atoms with Gasteiger partial charge in [-0.25, -0.2) is 0 Å². The van der Waals surface area contributed by atoms with Crippen molar-refractivity contribution in [1.29, 1.82) is 0 Å². The van der Waals surface area contributed by atoms with Crippen LogP contribution >= 0.6 is 11.8 Å². The van der Waals surface area contributed by atoms with Gasteiger partial charge in [-0.15, -0.1) is 11.8 Å².